The number of likely N-dealkylation sites (N-methyl/N-ethyl adjacent to an activating group) is 1. The van der Waals surface area contributed by atoms with E-state index in [1.54, 1.807) is 6.08 Å². The first-order chi connectivity index (χ1) is 11.0. The predicted octanol–water partition coefficient (Wildman–Crippen LogP) is 2.39. The van der Waals surface area contributed by atoms with Gasteiger partial charge in [-0.25, -0.2) is 9.78 Å². The van der Waals surface area contributed by atoms with Gasteiger partial charge in [-0.2, -0.15) is 0 Å². The number of aliphatic carboxylic acids is 1. The van der Waals surface area contributed by atoms with Crippen molar-refractivity contribution in [2.75, 3.05) is 38.1 Å². The summed E-state index contributed by atoms with van der Waals surface area (Å²) in [6, 6.07) is 7.98. The zero-order valence-electron chi connectivity index (χ0n) is 13.5. The molecule has 0 unspecified atom stereocenters. The number of anilines is 1. The molecule has 5 nitrogen and oxygen atoms in total. The quantitative estimate of drug-likeness (QED) is 0.882. The van der Waals surface area contributed by atoms with Crippen LogP contribution in [0.15, 0.2) is 30.3 Å². The highest BCUT2D eigenvalue weighted by molar-refractivity contribution is 5.89. The minimum absolute atomic E-state index is 0.872. The summed E-state index contributed by atoms with van der Waals surface area (Å²) in [5, 5.41) is 9.80. The molecule has 0 aliphatic carbocycles. The molecule has 1 N–H and O–H groups in total. The SMILES string of the molecule is Cc1cc(N2CCN(C)CC2)nc2ccc(C=CC(=O)O)cc12. The Labute approximate surface area is 135 Å². The van der Waals surface area contributed by atoms with Gasteiger partial charge in [-0.3, -0.25) is 0 Å². The van der Waals surface area contributed by atoms with E-state index < -0.39 is 5.97 Å². The molecule has 1 aliphatic rings. The molecule has 5 heteroatoms. The molecule has 1 fully saturated rings. The molecule has 0 atom stereocenters. The molecule has 0 spiro atoms. The van der Waals surface area contributed by atoms with Crippen LogP contribution in [0.25, 0.3) is 17.0 Å². The Morgan fingerprint density at radius 1 is 1.22 bits per heavy atom. The lowest BCUT2D eigenvalue weighted by Crippen LogP contribution is -2.44. The molecule has 23 heavy (non-hydrogen) atoms. The third kappa shape index (κ3) is 3.51. The van der Waals surface area contributed by atoms with Crippen LogP contribution in [0, 0.1) is 6.92 Å². The van der Waals surface area contributed by atoms with Gasteiger partial charge in [0.1, 0.15) is 5.82 Å². The molecular weight excluding hydrogens is 290 g/mol. The number of aromatic nitrogens is 1. The van der Waals surface area contributed by atoms with E-state index in [2.05, 4.69) is 29.8 Å². The molecule has 1 aliphatic heterocycles. The van der Waals surface area contributed by atoms with Crippen LogP contribution in [-0.2, 0) is 4.79 Å². The van der Waals surface area contributed by atoms with Gasteiger partial charge in [0.15, 0.2) is 0 Å². The zero-order chi connectivity index (χ0) is 16.4. The van der Waals surface area contributed by atoms with Gasteiger partial charge in [0, 0.05) is 37.6 Å². The first-order valence-corrected chi connectivity index (χ1v) is 7.79. The summed E-state index contributed by atoms with van der Waals surface area (Å²) in [7, 11) is 2.14. The van der Waals surface area contributed by atoms with Crippen molar-refractivity contribution >= 4 is 28.8 Å². The first kappa shape index (κ1) is 15.5. The maximum absolute atomic E-state index is 10.6. The maximum atomic E-state index is 10.6. The van der Waals surface area contributed by atoms with Crippen LogP contribution in [0.3, 0.4) is 0 Å². The number of hydrogen-bond acceptors (Lipinski definition) is 4. The second-order valence-electron chi connectivity index (χ2n) is 6.04. The van der Waals surface area contributed by atoms with Crippen molar-refractivity contribution in [2.45, 2.75) is 6.92 Å². The smallest absolute Gasteiger partial charge is 0.328 e. The lowest BCUT2D eigenvalue weighted by Gasteiger charge is -2.33. The number of carboxylic acid groups (broad SMARTS) is 1. The number of aryl methyl sites for hydroxylation is 1. The highest BCUT2D eigenvalue weighted by atomic mass is 16.4. The van der Waals surface area contributed by atoms with Gasteiger partial charge in [-0.05, 0) is 49.4 Å². The highest BCUT2D eigenvalue weighted by Crippen LogP contribution is 2.24. The minimum atomic E-state index is -0.939. The molecule has 120 valence electrons. The number of fused-ring (bicyclic) bond motifs is 1. The number of hydrogen-bond donors (Lipinski definition) is 1. The first-order valence-electron chi connectivity index (χ1n) is 7.79. The molecule has 0 saturated carbocycles. The van der Waals surface area contributed by atoms with Crippen LogP contribution in [0.4, 0.5) is 5.82 Å². The summed E-state index contributed by atoms with van der Waals surface area (Å²) < 4.78 is 0. The summed E-state index contributed by atoms with van der Waals surface area (Å²) >= 11 is 0. The monoisotopic (exact) mass is 311 g/mol. The Morgan fingerprint density at radius 3 is 2.65 bits per heavy atom. The molecule has 1 saturated heterocycles. The number of carbonyl (C=O) groups is 1. The molecule has 0 radical (unpaired) electrons. The van der Waals surface area contributed by atoms with Gasteiger partial charge < -0.3 is 14.9 Å². The molecule has 0 amide bonds. The van der Waals surface area contributed by atoms with Crippen LogP contribution in [0.1, 0.15) is 11.1 Å². The summed E-state index contributed by atoms with van der Waals surface area (Å²) in [6.45, 7) is 6.17. The summed E-state index contributed by atoms with van der Waals surface area (Å²) in [5.74, 6) is 0.0855. The van der Waals surface area contributed by atoms with Crippen molar-refractivity contribution in [1.29, 1.82) is 0 Å². The minimum Gasteiger partial charge on any atom is -0.478 e. The fraction of sp³-hybridized carbons (Fsp3) is 0.333. The van der Waals surface area contributed by atoms with E-state index in [-0.39, 0.29) is 0 Å². The van der Waals surface area contributed by atoms with Crippen molar-refractivity contribution in [2.24, 2.45) is 0 Å². The van der Waals surface area contributed by atoms with Gasteiger partial charge in [0.05, 0.1) is 5.52 Å². The van der Waals surface area contributed by atoms with E-state index in [0.29, 0.717) is 0 Å². The fourth-order valence-electron chi connectivity index (χ4n) is 2.86. The standard InChI is InChI=1S/C18H21N3O2/c1-13-11-17(21-9-7-20(2)8-10-21)19-16-5-3-14(12-15(13)16)4-6-18(22)23/h3-6,11-12H,7-10H2,1-2H3,(H,22,23). The van der Waals surface area contributed by atoms with Gasteiger partial charge in [-0.15, -0.1) is 0 Å². The third-order valence-electron chi connectivity index (χ3n) is 4.27. The molecule has 1 aromatic carbocycles. The van der Waals surface area contributed by atoms with Gasteiger partial charge >= 0.3 is 5.97 Å². The van der Waals surface area contributed by atoms with Crippen molar-refractivity contribution in [3.63, 3.8) is 0 Å². The van der Waals surface area contributed by atoms with Gasteiger partial charge in [0.2, 0.25) is 0 Å². The molecule has 2 heterocycles. The topological polar surface area (TPSA) is 56.7 Å². The van der Waals surface area contributed by atoms with Crippen LogP contribution in [0.2, 0.25) is 0 Å². The molecule has 1 aromatic heterocycles. The van der Waals surface area contributed by atoms with Crippen LogP contribution >= 0.6 is 0 Å². The van der Waals surface area contributed by atoms with E-state index in [1.807, 2.05) is 18.2 Å². The van der Waals surface area contributed by atoms with Crippen LogP contribution < -0.4 is 4.90 Å². The third-order valence-corrected chi connectivity index (χ3v) is 4.27. The second kappa shape index (κ2) is 6.38. The number of pyridine rings is 1. The fourth-order valence-corrected chi connectivity index (χ4v) is 2.86. The highest BCUT2D eigenvalue weighted by Gasteiger charge is 2.16. The Bertz CT molecular complexity index is 762. The number of nitrogens with zero attached hydrogens (tertiary/aromatic N) is 3. The molecule has 2 aromatic rings. The predicted molar refractivity (Wildman–Crippen MR) is 92.9 cm³/mol. The van der Waals surface area contributed by atoms with E-state index in [4.69, 9.17) is 10.1 Å². The number of benzene rings is 1. The number of piperazine rings is 1. The summed E-state index contributed by atoms with van der Waals surface area (Å²) in [5.41, 5.74) is 2.98. The van der Waals surface area contributed by atoms with Crippen molar-refractivity contribution in [3.8, 4) is 0 Å². The van der Waals surface area contributed by atoms with E-state index in [9.17, 15) is 4.79 Å². The lowest BCUT2D eigenvalue weighted by atomic mass is 10.1. The summed E-state index contributed by atoms with van der Waals surface area (Å²) in [6.07, 6.45) is 2.76. The number of carboxylic acids is 1. The van der Waals surface area contributed by atoms with Crippen LogP contribution in [0.5, 0.6) is 0 Å². The zero-order valence-corrected chi connectivity index (χ0v) is 13.5. The summed E-state index contributed by atoms with van der Waals surface area (Å²) in [4.78, 5) is 20.1. The largest absolute Gasteiger partial charge is 0.478 e. The molecule has 0 bridgehead atoms. The molecule has 3 rings (SSSR count). The average Bonchev–Trinajstić information content (AvgIpc) is 2.53. The van der Waals surface area contributed by atoms with Crippen molar-refractivity contribution in [1.82, 2.24) is 9.88 Å². The Hall–Kier alpha value is -2.40. The Kier molecular flexibility index (Phi) is 4.30. The van der Waals surface area contributed by atoms with Crippen molar-refractivity contribution in [3.05, 3.63) is 41.5 Å². The number of rotatable bonds is 3. The van der Waals surface area contributed by atoms with Crippen LogP contribution in [-0.4, -0.2) is 54.2 Å². The second-order valence-corrected chi connectivity index (χ2v) is 6.04. The normalized spacial score (nSPS) is 16.3. The van der Waals surface area contributed by atoms with E-state index >= 15 is 0 Å². The van der Waals surface area contributed by atoms with E-state index in [1.165, 1.54) is 0 Å². The Balaban J connectivity index is 1.93. The molecular formula is C18H21N3O2. The maximum Gasteiger partial charge on any atom is 0.328 e. The van der Waals surface area contributed by atoms with Gasteiger partial charge in [0.25, 0.3) is 0 Å². The lowest BCUT2D eigenvalue weighted by molar-refractivity contribution is -0.131. The van der Waals surface area contributed by atoms with E-state index in [0.717, 1.165) is 60.1 Å². The average molecular weight is 311 g/mol. The van der Waals surface area contributed by atoms with Crippen molar-refractivity contribution < 1.29 is 9.90 Å². The Morgan fingerprint density at radius 2 is 1.96 bits per heavy atom. The van der Waals surface area contributed by atoms with Gasteiger partial charge in [-0.1, -0.05) is 6.07 Å².